The molecule has 0 aliphatic heterocycles. The smallest absolute Gasteiger partial charge is 0.307 e. The number of hydrogen-bond donors (Lipinski definition) is 2. The number of pyridine rings is 1. The first-order valence-corrected chi connectivity index (χ1v) is 9.05. The number of aromatic amines is 1. The number of aromatic nitrogens is 4. The van der Waals surface area contributed by atoms with E-state index in [4.69, 9.17) is 16.3 Å². The van der Waals surface area contributed by atoms with Crippen molar-refractivity contribution in [2.75, 3.05) is 12.4 Å². The number of hydrogen-bond acceptors (Lipinski definition) is 6. The van der Waals surface area contributed by atoms with Crippen molar-refractivity contribution in [3.05, 3.63) is 35.5 Å². The summed E-state index contributed by atoms with van der Waals surface area (Å²) < 4.78 is 18.4. The van der Waals surface area contributed by atoms with Crippen LogP contribution in [0.15, 0.2) is 24.7 Å². The predicted octanol–water partition coefficient (Wildman–Crippen LogP) is 4.20. The second-order valence-electron chi connectivity index (χ2n) is 7.49. The third-order valence-electron chi connectivity index (χ3n) is 4.44. The molecule has 3 heterocycles. The molecule has 148 valence electrons. The van der Waals surface area contributed by atoms with Gasteiger partial charge in [-0.15, -0.1) is 0 Å². The predicted molar refractivity (Wildman–Crippen MR) is 106 cm³/mol. The highest BCUT2D eigenvalue weighted by Crippen LogP contribution is 2.31. The van der Waals surface area contributed by atoms with Crippen molar-refractivity contribution in [1.82, 2.24) is 19.9 Å². The van der Waals surface area contributed by atoms with Crippen LogP contribution in [0.25, 0.3) is 22.4 Å². The van der Waals surface area contributed by atoms with Gasteiger partial charge >= 0.3 is 5.97 Å². The number of nitrogens with one attached hydrogen (secondary N) is 2. The van der Waals surface area contributed by atoms with Crippen LogP contribution in [0.1, 0.15) is 27.2 Å². The summed E-state index contributed by atoms with van der Waals surface area (Å²) in [6, 6.07) is 1.09. The molecule has 0 aliphatic rings. The lowest BCUT2D eigenvalue weighted by atomic mass is 9.85. The number of nitrogens with zero attached hydrogens (tertiary/aromatic N) is 3. The molecule has 0 saturated carbocycles. The zero-order chi connectivity index (χ0) is 20.5. The highest BCUT2D eigenvalue weighted by Gasteiger charge is 2.28. The number of methoxy groups -OCH3 is 1. The fourth-order valence-electron chi connectivity index (χ4n) is 2.75. The van der Waals surface area contributed by atoms with E-state index in [1.165, 1.54) is 19.4 Å². The first kappa shape index (κ1) is 20.0. The van der Waals surface area contributed by atoms with E-state index in [0.717, 1.165) is 6.20 Å². The van der Waals surface area contributed by atoms with Gasteiger partial charge in [0.25, 0.3) is 0 Å². The van der Waals surface area contributed by atoms with Gasteiger partial charge in [0.1, 0.15) is 22.3 Å². The quantitative estimate of drug-likeness (QED) is 0.618. The molecule has 0 unspecified atom stereocenters. The summed E-state index contributed by atoms with van der Waals surface area (Å²) in [4.78, 5) is 27.6. The van der Waals surface area contributed by atoms with Gasteiger partial charge in [-0.05, 0) is 11.5 Å². The van der Waals surface area contributed by atoms with Crippen LogP contribution >= 0.6 is 11.6 Å². The van der Waals surface area contributed by atoms with Gasteiger partial charge in [0.15, 0.2) is 5.82 Å². The van der Waals surface area contributed by atoms with Gasteiger partial charge in [-0.2, -0.15) is 0 Å². The van der Waals surface area contributed by atoms with E-state index in [9.17, 15) is 9.18 Å². The minimum absolute atomic E-state index is 0.151. The number of carbonyl (C=O) groups excluding carboxylic acids is 1. The van der Waals surface area contributed by atoms with Gasteiger partial charge in [-0.3, -0.25) is 4.79 Å². The largest absolute Gasteiger partial charge is 0.469 e. The average Bonchev–Trinajstić information content (AvgIpc) is 3.04. The fourth-order valence-corrected chi connectivity index (χ4v) is 2.90. The molecular weight excluding hydrogens is 385 g/mol. The maximum Gasteiger partial charge on any atom is 0.307 e. The molecule has 0 saturated heterocycles. The average molecular weight is 406 g/mol. The lowest BCUT2D eigenvalue weighted by molar-refractivity contribution is -0.141. The van der Waals surface area contributed by atoms with E-state index in [0.29, 0.717) is 33.3 Å². The lowest BCUT2D eigenvalue weighted by Crippen LogP contribution is -2.36. The summed E-state index contributed by atoms with van der Waals surface area (Å²) in [5.74, 6) is -0.0481. The molecular formula is C19H21ClFN5O2. The van der Waals surface area contributed by atoms with Crippen molar-refractivity contribution >= 4 is 34.4 Å². The summed E-state index contributed by atoms with van der Waals surface area (Å²) in [5, 5.41) is 4.11. The van der Waals surface area contributed by atoms with Crippen molar-refractivity contribution in [3.8, 4) is 11.4 Å². The van der Waals surface area contributed by atoms with Crippen LogP contribution < -0.4 is 5.32 Å². The zero-order valence-electron chi connectivity index (χ0n) is 16.0. The second kappa shape index (κ2) is 7.71. The maximum absolute atomic E-state index is 13.6. The highest BCUT2D eigenvalue weighted by molar-refractivity contribution is 6.32. The Morgan fingerprint density at radius 2 is 2.11 bits per heavy atom. The number of carbonyl (C=O) groups is 1. The SMILES string of the molecule is COC(=O)C[C@H](Nc1nc(-c2c[nH]c3ncc(F)cc23)ncc1Cl)C(C)(C)C. The molecule has 0 amide bonds. The Labute approximate surface area is 166 Å². The van der Waals surface area contributed by atoms with E-state index in [-0.39, 0.29) is 23.8 Å². The number of esters is 1. The van der Waals surface area contributed by atoms with Crippen LogP contribution in [0.3, 0.4) is 0 Å². The molecule has 2 N–H and O–H groups in total. The molecule has 0 radical (unpaired) electrons. The number of anilines is 1. The van der Waals surface area contributed by atoms with E-state index in [1.807, 2.05) is 20.8 Å². The Bertz CT molecular complexity index is 1020. The minimum Gasteiger partial charge on any atom is -0.469 e. The molecule has 7 nitrogen and oxygen atoms in total. The molecule has 0 aromatic carbocycles. The van der Waals surface area contributed by atoms with Crippen LogP contribution in [0.2, 0.25) is 5.02 Å². The third-order valence-corrected chi connectivity index (χ3v) is 4.71. The highest BCUT2D eigenvalue weighted by atomic mass is 35.5. The Balaban J connectivity index is 1.98. The van der Waals surface area contributed by atoms with Gasteiger partial charge in [0.2, 0.25) is 0 Å². The summed E-state index contributed by atoms with van der Waals surface area (Å²) in [7, 11) is 1.35. The third kappa shape index (κ3) is 4.22. The first-order chi connectivity index (χ1) is 13.2. The minimum atomic E-state index is -0.452. The molecule has 3 rings (SSSR count). The number of H-pyrrole nitrogens is 1. The Morgan fingerprint density at radius 1 is 1.36 bits per heavy atom. The normalized spacial score (nSPS) is 12.8. The zero-order valence-corrected chi connectivity index (χ0v) is 16.8. The number of ether oxygens (including phenoxy) is 1. The monoisotopic (exact) mass is 405 g/mol. The van der Waals surface area contributed by atoms with E-state index >= 15 is 0 Å². The Morgan fingerprint density at radius 3 is 2.79 bits per heavy atom. The van der Waals surface area contributed by atoms with Crippen LogP contribution in [0.5, 0.6) is 0 Å². The van der Waals surface area contributed by atoms with E-state index < -0.39 is 5.82 Å². The molecule has 0 aliphatic carbocycles. The summed E-state index contributed by atoms with van der Waals surface area (Å²) >= 11 is 6.28. The van der Waals surface area contributed by atoms with Gasteiger partial charge in [0, 0.05) is 23.2 Å². The fraction of sp³-hybridized carbons (Fsp3) is 0.368. The molecule has 3 aromatic heterocycles. The Hall–Kier alpha value is -2.74. The van der Waals surface area contributed by atoms with Crippen molar-refractivity contribution < 1.29 is 13.9 Å². The molecule has 1 atom stereocenters. The molecule has 28 heavy (non-hydrogen) atoms. The van der Waals surface area contributed by atoms with Gasteiger partial charge in [0.05, 0.1) is 25.9 Å². The molecule has 0 fully saturated rings. The maximum atomic E-state index is 13.6. The van der Waals surface area contributed by atoms with Crippen LogP contribution in [0, 0.1) is 11.2 Å². The molecule has 9 heteroatoms. The number of halogens is 2. The standard InChI is InChI=1S/C19H21ClFN5O2/c1-19(2,3)14(6-15(27)28-4)25-18-13(20)9-24-17(26-18)12-8-23-16-11(12)5-10(21)7-22-16/h5,7-9,14H,6H2,1-4H3,(H,22,23)(H,24,25,26)/t14-/m0/s1. The van der Waals surface area contributed by atoms with Gasteiger partial charge in [-0.25, -0.2) is 19.3 Å². The van der Waals surface area contributed by atoms with E-state index in [2.05, 4.69) is 25.3 Å². The number of fused-ring (bicyclic) bond motifs is 1. The topological polar surface area (TPSA) is 92.8 Å². The van der Waals surface area contributed by atoms with Crippen LogP contribution in [-0.4, -0.2) is 39.1 Å². The van der Waals surface area contributed by atoms with Crippen molar-refractivity contribution in [3.63, 3.8) is 0 Å². The first-order valence-electron chi connectivity index (χ1n) is 8.68. The van der Waals surface area contributed by atoms with Crippen molar-refractivity contribution in [2.45, 2.75) is 33.2 Å². The molecule has 0 bridgehead atoms. The Kier molecular flexibility index (Phi) is 5.51. The van der Waals surface area contributed by atoms with Gasteiger partial charge < -0.3 is 15.0 Å². The number of rotatable bonds is 5. The summed E-state index contributed by atoms with van der Waals surface area (Å²) in [5.41, 5.74) is 0.862. The van der Waals surface area contributed by atoms with Gasteiger partial charge in [-0.1, -0.05) is 32.4 Å². The van der Waals surface area contributed by atoms with Crippen LogP contribution in [0.4, 0.5) is 10.2 Å². The lowest BCUT2D eigenvalue weighted by Gasteiger charge is -2.31. The van der Waals surface area contributed by atoms with E-state index in [1.54, 1.807) is 6.20 Å². The summed E-state index contributed by atoms with van der Waals surface area (Å²) in [6.45, 7) is 5.99. The molecule has 3 aromatic rings. The molecule has 0 spiro atoms. The second-order valence-corrected chi connectivity index (χ2v) is 7.89. The summed E-state index contributed by atoms with van der Waals surface area (Å²) in [6.07, 6.45) is 4.42. The van der Waals surface area contributed by atoms with Crippen molar-refractivity contribution in [1.29, 1.82) is 0 Å². The van der Waals surface area contributed by atoms with Crippen molar-refractivity contribution in [2.24, 2.45) is 5.41 Å². The van der Waals surface area contributed by atoms with Crippen LogP contribution in [-0.2, 0) is 9.53 Å².